The Hall–Kier alpha value is -2.36. The number of hydrogen-bond donors (Lipinski definition) is 1. The second kappa shape index (κ2) is 8.56. The van der Waals surface area contributed by atoms with Gasteiger partial charge in [-0.15, -0.1) is 0 Å². The Kier molecular flexibility index (Phi) is 6.30. The second-order valence-electron chi connectivity index (χ2n) is 6.75. The van der Waals surface area contributed by atoms with Crippen LogP contribution in [-0.2, 0) is 33.1 Å². The molecule has 0 bridgehead atoms. The molecule has 29 heavy (non-hydrogen) atoms. The van der Waals surface area contributed by atoms with Gasteiger partial charge in [0.1, 0.15) is 16.6 Å². The SMILES string of the molecule is COC(=O)c1cc(S(=O)(=O)N2CCC[C@H]2C(=O)NCc2ccccc2Cl)cn1C. The van der Waals surface area contributed by atoms with Crippen molar-refractivity contribution in [2.45, 2.75) is 30.3 Å². The number of ether oxygens (including phenoxy) is 1. The first kappa shape index (κ1) is 21.4. The molecule has 1 saturated heterocycles. The minimum atomic E-state index is -3.95. The molecule has 156 valence electrons. The zero-order valence-electron chi connectivity index (χ0n) is 16.1. The summed E-state index contributed by atoms with van der Waals surface area (Å²) in [6.45, 7) is 0.440. The van der Waals surface area contributed by atoms with Crippen molar-refractivity contribution in [3.05, 3.63) is 52.8 Å². The van der Waals surface area contributed by atoms with Crippen molar-refractivity contribution in [3.8, 4) is 0 Å². The van der Waals surface area contributed by atoms with Gasteiger partial charge in [-0.2, -0.15) is 4.31 Å². The molecule has 0 radical (unpaired) electrons. The molecule has 10 heteroatoms. The zero-order valence-corrected chi connectivity index (χ0v) is 17.7. The van der Waals surface area contributed by atoms with E-state index in [9.17, 15) is 18.0 Å². The number of rotatable bonds is 6. The lowest BCUT2D eigenvalue weighted by atomic mass is 10.2. The van der Waals surface area contributed by atoms with E-state index in [0.717, 1.165) is 5.56 Å². The van der Waals surface area contributed by atoms with Crippen LogP contribution in [0.5, 0.6) is 0 Å². The van der Waals surface area contributed by atoms with Crippen LogP contribution < -0.4 is 5.32 Å². The van der Waals surface area contributed by atoms with Crippen molar-refractivity contribution in [1.29, 1.82) is 0 Å². The van der Waals surface area contributed by atoms with Crippen LogP contribution in [0.1, 0.15) is 28.9 Å². The van der Waals surface area contributed by atoms with E-state index in [0.29, 0.717) is 17.9 Å². The highest BCUT2D eigenvalue weighted by atomic mass is 35.5. The number of carbonyl (C=O) groups is 2. The summed E-state index contributed by atoms with van der Waals surface area (Å²) in [5.74, 6) is -1.01. The van der Waals surface area contributed by atoms with Crippen LogP contribution in [0.2, 0.25) is 5.02 Å². The number of esters is 1. The predicted molar refractivity (Wildman–Crippen MR) is 107 cm³/mol. The van der Waals surface area contributed by atoms with E-state index < -0.39 is 22.0 Å². The molecule has 1 atom stereocenters. The van der Waals surface area contributed by atoms with Gasteiger partial charge in [-0.05, 0) is 30.5 Å². The van der Waals surface area contributed by atoms with Crippen molar-refractivity contribution in [1.82, 2.24) is 14.2 Å². The minimum Gasteiger partial charge on any atom is -0.464 e. The van der Waals surface area contributed by atoms with Crippen LogP contribution in [0, 0.1) is 0 Å². The van der Waals surface area contributed by atoms with Crippen LogP contribution in [0.3, 0.4) is 0 Å². The van der Waals surface area contributed by atoms with E-state index in [1.54, 1.807) is 25.2 Å². The summed E-state index contributed by atoms with van der Waals surface area (Å²) >= 11 is 6.11. The molecule has 1 aromatic heterocycles. The first-order valence-corrected chi connectivity index (χ1v) is 10.8. The lowest BCUT2D eigenvalue weighted by Gasteiger charge is -2.23. The summed E-state index contributed by atoms with van der Waals surface area (Å²) in [4.78, 5) is 24.4. The van der Waals surface area contributed by atoms with E-state index in [-0.39, 0.29) is 29.6 Å². The van der Waals surface area contributed by atoms with Crippen LogP contribution in [0.25, 0.3) is 0 Å². The van der Waals surface area contributed by atoms with Crippen LogP contribution in [0.4, 0.5) is 0 Å². The number of amides is 1. The summed E-state index contributed by atoms with van der Waals surface area (Å²) in [6.07, 6.45) is 2.34. The molecule has 0 aliphatic carbocycles. The molecule has 1 N–H and O–H groups in total. The van der Waals surface area contributed by atoms with Gasteiger partial charge >= 0.3 is 5.97 Å². The molecule has 3 rings (SSSR count). The van der Waals surface area contributed by atoms with Gasteiger partial charge in [-0.3, -0.25) is 4.79 Å². The molecule has 1 amide bonds. The smallest absolute Gasteiger partial charge is 0.354 e. The molecule has 2 aromatic rings. The number of aryl methyl sites for hydroxylation is 1. The quantitative estimate of drug-likeness (QED) is 0.693. The van der Waals surface area contributed by atoms with Gasteiger partial charge in [-0.25, -0.2) is 13.2 Å². The average Bonchev–Trinajstić information content (AvgIpc) is 3.34. The van der Waals surface area contributed by atoms with E-state index in [2.05, 4.69) is 10.1 Å². The maximum absolute atomic E-state index is 13.1. The van der Waals surface area contributed by atoms with Crippen molar-refractivity contribution in [2.75, 3.05) is 13.7 Å². The lowest BCUT2D eigenvalue weighted by Crippen LogP contribution is -2.45. The van der Waals surface area contributed by atoms with Crippen molar-refractivity contribution in [2.24, 2.45) is 7.05 Å². The van der Waals surface area contributed by atoms with Gasteiger partial charge in [0.2, 0.25) is 15.9 Å². The highest BCUT2D eigenvalue weighted by Gasteiger charge is 2.40. The third-order valence-electron chi connectivity index (χ3n) is 4.90. The Balaban J connectivity index is 1.78. The molecule has 1 aliphatic rings. The van der Waals surface area contributed by atoms with Gasteiger partial charge in [0.05, 0.1) is 7.11 Å². The topological polar surface area (TPSA) is 97.7 Å². The maximum Gasteiger partial charge on any atom is 0.354 e. The molecular formula is C19H22ClN3O5S. The molecule has 8 nitrogen and oxygen atoms in total. The number of nitrogens with zero attached hydrogens (tertiary/aromatic N) is 2. The fraction of sp³-hybridized carbons (Fsp3) is 0.368. The van der Waals surface area contributed by atoms with Gasteiger partial charge < -0.3 is 14.6 Å². The fourth-order valence-electron chi connectivity index (χ4n) is 3.35. The van der Waals surface area contributed by atoms with Gasteiger partial charge in [0.15, 0.2) is 0 Å². The summed E-state index contributed by atoms with van der Waals surface area (Å²) in [7, 11) is -1.17. The highest BCUT2D eigenvalue weighted by molar-refractivity contribution is 7.89. The number of carbonyl (C=O) groups excluding carboxylic acids is 2. The number of nitrogens with one attached hydrogen (secondary N) is 1. The first-order valence-electron chi connectivity index (χ1n) is 9.03. The van der Waals surface area contributed by atoms with Crippen LogP contribution in [-0.4, -0.2) is 48.9 Å². The number of halogens is 1. The summed E-state index contributed by atoms with van der Waals surface area (Å²) in [5, 5.41) is 3.30. The predicted octanol–water partition coefficient (Wildman–Crippen LogP) is 1.93. The highest BCUT2D eigenvalue weighted by Crippen LogP contribution is 2.27. The molecule has 2 heterocycles. The zero-order chi connectivity index (χ0) is 21.2. The van der Waals surface area contributed by atoms with E-state index in [1.807, 2.05) is 6.07 Å². The molecule has 0 unspecified atom stereocenters. The number of sulfonamides is 1. The molecule has 0 saturated carbocycles. The fourth-order valence-corrected chi connectivity index (χ4v) is 5.28. The third kappa shape index (κ3) is 4.31. The summed E-state index contributed by atoms with van der Waals surface area (Å²) in [6, 6.07) is 7.57. The van der Waals surface area contributed by atoms with E-state index in [1.165, 1.54) is 28.2 Å². The Morgan fingerprint density at radius 1 is 1.31 bits per heavy atom. The van der Waals surface area contributed by atoms with Gasteiger partial charge in [0, 0.05) is 31.4 Å². The number of hydrogen-bond acceptors (Lipinski definition) is 5. The van der Waals surface area contributed by atoms with Crippen molar-refractivity contribution >= 4 is 33.5 Å². The maximum atomic E-state index is 13.1. The van der Waals surface area contributed by atoms with Crippen LogP contribution >= 0.6 is 11.6 Å². The van der Waals surface area contributed by atoms with Gasteiger partial charge in [0.25, 0.3) is 0 Å². The Bertz CT molecular complexity index is 1030. The average molecular weight is 440 g/mol. The molecule has 0 spiro atoms. The molecule has 1 fully saturated rings. The first-order chi connectivity index (χ1) is 13.8. The number of methoxy groups -OCH3 is 1. The van der Waals surface area contributed by atoms with E-state index >= 15 is 0 Å². The molecular weight excluding hydrogens is 418 g/mol. The Morgan fingerprint density at radius 2 is 2.03 bits per heavy atom. The summed E-state index contributed by atoms with van der Waals surface area (Å²) < 4.78 is 33.5. The summed E-state index contributed by atoms with van der Waals surface area (Å²) in [5.41, 5.74) is 0.866. The van der Waals surface area contributed by atoms with Gasteiger partial charge in [-0.1, -0.05) is 29.8 Å². The Labute approximate surface area is 174 Å². The van der Waals surface area contributed by atoms with E-state index in [4.69, 9.17) is 11.6 Å². The number of aromatic nitrogens is 1. The standard InChI is InChI=1S/C19H22ClN3O5S/c1-22-12-14(10-17(22)19(25)28-2)29(26,27)23-9-5-8-16(23)18(24)21-11-13-6-3-4-7-15(13)20/h3-4,6-7,10,12,16H,5,8-9,11H2,1-2H3,(H,21,24)/t16-/m0/s1. The molecule has 1 aromatic carbocycles. The normalized spacial score (nSPS) is 17.3. The van der Waals surface area contributed by atoms with Crippen molar-refractivity contribution in [3.63, 3.8) is 0 Å². The van der Waals surface area contributed by atoms with Crippen molar-refractivity contribution < 1.29 is 22.7 Å². The second-order valence-corrected chi connectivity index (χ2v) is 9.04. The largest absolute Gasteiger partial charge is 0.464 e. The Morgan fingerprint density at radius 3 is 2.72 bits per heavy atom. The molecule has 1 aliphatic heterocycles. The number of benzene rings is 1. The minimum absolute atomic E-state index is 0.0498. The monoisotopic (exact) mass is 439 g/mol. The van der Waals surface area contributed by atoms with Crippen LogP contribution in [0.15, 0.2) is 41.4 Å². The lowest BCUT2D eigenvalue weighted by molar-refractivity contribution is -0.124. The third-order valence-corrected chi connectivity index (χ3v) is 7.14.